The lowest BCUT2D eigenvalue weighted by molar-refractivity contribution is -0.121. The lowest BCUT2D eigenvalue weighted by Crippen LogP contribution is -2.27. The molecule has 0 atom stereocenters. The molecule has 0 aromatic heterocycles. The van der Waals surface area contributed by atoms with E-state index in [0.29, 0.717) is 17.8 Å². The third-order valence-corrected chi connectivity index (χ3v) is 8.67. The van der Waals surface area contributed by atoms with Crippen LogP contribution in [0.5, 0.6) is 0 Å². The Hall–Kier alpha value is -3.39. The van der Waals surface area contributed by atoms with Crippen LogP contribution in [-0.4, -0.2) is 26.8 Å². The molecule has 0 saturated heterocycles. The first-order valence-electron chi connectivity index (χ1n) is 15.8. The maximum Gasteiger partial charge on any atom is 0.261 e. The molecule has 0 fully saturated rings. The van der Waals surface area contributed by atoms with Gasteiger partial charge in [-0.05, 0) is 87.8 Å². The van der Waals surface area contributed by atoms with Crippen LogP contribution in [0.1, 0.15) is 102 Å². The second-order valence-electron chi connectivity index (χ2n) is 11.0. The maximum absolute atomic E-state index is 12.9. The zero-order chi connectivity index (χ0) is 31.3. The Bertz CT molecular complexity index is 1300. The molecule has 43 heavy (non-hydrogen) atoms. The molecule has 2 aromatic carbocycles. The van der Waals surface area contributed by atoms with Crippen LogP contribution in [0.3, 0.4) is 0 Å². The number of sulfonamides is 1. The summed E-state index contributed by atoms with van der Waals surface area (Å²) in [7, 11) is -3.83. The van der Waals surface area contributed by atoms with Gasteiger partial charge in [0.25, 0.3) is 10.0 Å². The van der Waals surface area contributed by atoms with Crippen LogP contribution in [-0.2, 0) is 19.6 Å². The van der Waals surface area contributed by atoms with Gasteiger partial charge in [-0.3, -0.25) is 14.3 Å². The van der Waals surface area contributed by atoms with Gasteiger partial charge in [0.2, 0.25) is 11.8 Å². The van der Waals surface area contributed by atoms with E-state index in [4.69, 9.17) is 0 Å². The summed E-state index contributed by atoms with van der Waals surface area (Å²) in [5.74, 6) is -0.349. The second-order valence-corrected chi connectivity index (χ2v) is 12.7. The number of carbonyl (C=O) groups excluding carboxylic acids is 2. The van der Waals surface area contributed by atoms with Crippen molar-refractivity contribution in [1.29, 1.82) is 0 Å². The van der Waals surface area contributed by atoms with Crippen LogP contribution >= 0.6 is 0 Å². The van der Waals surface area contributed by atoms with Crippen LogP contribution in [0.15, 0.2) is 71.7 Å². The summed E-state index contributed by atoms with van der Waals surface area (Å²) in [4.78, 5) is 24.6. The van der Waals surface area contributed by atoms with Gasteiger partial charge in [-0.1, -0.05) is 81.5 Å². The summed E-state index contributed by atoms with van der Waals surface area (Å²) >= 11 is 0. The zero-order valence-electron chi connectivity index (χ0n) is 26.3. The van der Waals surface area contributed by atoms with Crippen molar-refractivity contribution in [2.75, 3.05) is 16.6 Å². The third kappa shape index (κ3) is 15.1. The number of aryl methyl sites for hydroxylation is 1. The molecule has 236 valence electrons. The van der Waals surface area contributed by atoms with Gasteiger partial charge in [-0.2, -0.15) is 0 Å². The van der Waals surface area contributed by atoms with E-state index in [1.807, 2.05) is 19.9 Å². The summed E-state index contributed by atoms with van der Waals surface area (Å²) in [5, 5.41) is 5.52. The molecule has 7 nitrogen and oxygen atoms in total. The van der Waals surface area contributed by atoms with Crippen LogP contribution in [0, 0.1) is 13.8 Å². The highest BCUT2D eigenvalue weighted by molar-refractivity contribution is 7.92. The Labute approximate surface area is 259 Å². The normalized spacial score (nSPS) is 11.7. The number of unbranched alkanes of at least 4 members (excludes halogenated alkanes) is 8. The van der Waals surface area contributed by atoms with Crippen molar-refractivity contribution in [1.82, 2.24) is 5.32 Å². The van der Waals surface area contributed by atoms with Crippen molar-refractivity contribution >= 4 is 33.2 Å². The summed E-state index contributed by atoms with van der Waals surface area (Å²) in [6, 6.07) is 11.6. The molecule has 0 aliphatic rings. The summed E-state index contributed by atoms with van der Waals surface area (Å²) in [5.41, 5.74) is 2.74. The monoisotopic (exact) mass is 609 g/mol. The molecular formula is C35H51N3O4S. The van der Waals surface area contributed by atoms with Gasteiger partial charge in [0.15, 0.2) is 0 Å². The predicted octanol–water partition coefficient (Wildman–Crippen LogP) is 8.36. The summed E-state index contributed by atoms with van der Waals surface area (Å²) in [6.07, 6.45) is 22.1. The Morgan fingerprint density at radius 2 is 1.44 bits per heavy atom. The van der Waals surface area contributed by atoms with Crippen molar-refractivity contribution in [2.24, 2.45) is 0 Å². The first-order valence-corrected chi connectivity index (χ1v) is 17.3. The Morgan fingerprint density at radius 3 is 2.19 bits per heavy atom. The Kier molecular flexibility index (Phi) is 17.1. The van der Waals surface area contributed by atoms with Gasteiger partial charge in [-0.25, -0.2) is 8.42 Å². The van der Waals surface area contributed by atoms with Crippen LogP contribution in [0.2, 0.25) is 0 Å². The highest BCUT2D eigenvalue weighted by Crippen LogP contribution is 2.23. The smallest absolute Gasteiger partial charge is 0.261 e. The van der Waals surface area contributed by atoms with E-state index < -0.39 is 10.0 Å². The van der Waals surface area contributed by atoms with Crippen LogP contribution in [0.4, 0.5) is 11.4 Å². The molecule has 2 rings (SSSR count). The Balaban J connectivity index is 1.57. The Morgan fingerprint density at radius 1 is 0.767 bits per heavy atom. The molecule has 2 amide bonds. The quantitative estimate of drug-likeness (QED) is 0.0977. The number of hydrogen-bond acceptors (Lipinski definition) is 4. The molecule has 8 heteroatoms. The van der Waals surface area contributed by atoms with Gasteiger partial charge in [-0.15, -0.1) is 0 Å². The van der Waals surface area contributed by atoms with E-state index in [9.17, 15) is 18.0 Å². The van der Waals surface area contributed by atoms with E-state index in [1.165, 1.54) is 50.7 Å². The number of carbonyl (C=O) groups is 2. The molecule has 0 unspecified atom stereocenters. The van der Waals surface area contributed by atoms with E-state index in [1.54, 1.807) is 24.3 Å². The van der Waals surface area contributed by atoms with Crippen LogP contribution in [0.25, 0.3) is 0 Å². The minimum Gasteiger partial charge on any atom is -0.356 e. The fourth-order valence-electron chi connectivity index (χ4n) is 4.53. The van der Waals surface area contributed by atoms with Crippen molar-refractivity contribution in [3.8, 4) is 0 Å². The average molecular weight is 610 g/mol. The van der Waals surface area contributed by atoms with E-state index in [2.05, 4.69) is 46.6 Å². The van der Waals surface area contributed by atoms with E-state index in [-0.39, 0.29) is 29.7 Å². The lowest BCUT2D eigenvalue weighted by Gasteiger charge is -2.13. The highest BCUT2D eigenvalue weighted by Gasteiger charge is 2.17. The number of amides is 2. The molecule has 0 aliphatic carbocycles. The fourth-order valence-corrected chi connectivity index (χ4v) is 5.70. The summed E-state index contributed by atoms with van der Waals surface area (Å²) < 4.78 is 28.5. The van der Waals surface area contributed by atoms with Crippen molar-refractivity contribution in [2.45, 2.75) is 109 Å². The predicted molar refractivity (Wildman–Crippen MR) is 179 cm³/mol. The fraction of sp³-hybridized carbons (Fsp3) is 0.486. The largest absolute Gasteiger partial charge is 0.356 e. The third-order valence-electron chi connectivity index (χ3n) is 7.31. The maximum atomic E-state index is 12.9. The number of allylic oxidation sites excluding steroid dienone is 4. The average Bonchev–Trinajstić information content (AvgIpc) is 2.97. The molecule has 2 aromatic rings. The number of nitrogens with one attached hydrogen (secondary N) is 3. The zero-order valence-corrected chi connectivity index (χ0v) is 27.1. The molecule has 0 saturated carbocycles. The second kappa shape index (κ2) is 20.5. The first-order chi connectivity index (χ1) is 20.7. The number of hydrogen-bond donors (Lipinski definition) is 3. The highest BCUT2D eigenvalue weighted by atomic mass is 32.2. The standard InChI is InChI=1S/C35H51N3O4S/c1-4-5-6-7-8-9-10-11-12-13-14-15-16-17-18-25-34(39)36-27-26-35(40)37-31-22-20-23-32(28-31)43(41,42)38-33-24-19-21-29(2)30(33)3/h8-9,11-12,19-24,28,38H,4-7,10,13-18,25-27H2,1-3H3,(H,36,39)(H,37,40)/b9-8-,12-11-. The van der Waals surface area contributed by atoms with Gasteiger partial charge < -0.3 is 10.6 Å². The number of rotatable bonds is 21. The number of anilines is 2. The van der Waals surface area contributed by atoms with Gasteiger partial charge in [0, 0.05) is 25.1 Å². The molecule has 3 N–H and O–H groups in total. The van der Waals surface area contributed by atoms with E-state index in [0.717, 1.165) is 43.2 Å². The molecule has 0 spiro atoms. The molecular weight excluding hydrogens is 558 g/mol. The van der Waals surface area contributed by atoms with E-state index >= 15 is 0 Å². The summed E-state index contributed by atoms with van der Waals surface area (Å²) in [6.45, 7) is 6.24. The van der Waals surface area contributed by atoms with Gasteiger partial charge >= 0.3 is 0 Å². The number of benzene rings is 2. The van der Waals surface area contributed by atoms with Crippen molar-refractivity contribution < 1.29 is 18.0 Å². The van der Waals surface area contributed by atoms with Crippen molar-refractivity contribution in [3.05, 3.63) is 77.9 Å². The minimum absolute atomic E-state index is 0.0518. The van der Waals surface area contributed by atoms with Gasteiger partial charge in [0.05, 0.1) is 10.6 Å². The van der Waals surface area contributed by atoms with Crippen LogP contribution < -0.4 is 15.4 Å². The molecule has 0 aliphatic heterocycles. The lowest BCUT2D eigenvalue weighted by atomic mass is 10.1. The van der Waals surface area contributed by atoms with Gasteiger partial charge in [0.1, 0.15) is 0 Å². The minimum atomic E-state index is -3.83. The SMILES string of the molecule is CCCCC/C=C\C/C=C\CCCCCCCC(=O)NCCC(=O)Nc1cccc(S(=O)(=O)Nc2cccc(C)c2C)c1. The molecule has 0 radical (unpaired) electrons. The molecule has 0 bridgehead atoms. The van der Waals surface area contributed by atoms with Crippen molar-refractivity contribution in [3.63, 3.8) is 0 Å². The molecule has 0 heterocycles. The first kappa shape index (κ1) is 35.8. The topological polar surface area (TPSA) is 104 Å².